The Hall–Kier alpha value is -2.24. The van der Waals surface area contributed by atoms with Crippen molar-refractivity contribution >= 4 is 11.9 Å². The molecule has 0 spiro atoms. The third-order valence-electron chi connectivity index (χ3n) is 4.79. The highest BCUT2D eigenvalue weighted by molar-refractivity contribution is 5.86. The van der Waals surface area contributed by atoms with Crippen molar-refractivity contribution in [2.75, 3.05) is 27.2 Å². The highest BCUT2D eigenvalue weighted by Crippen LogP contribution is 2.19. The number of nitrogens with one attached hydrogen (secondary N) is 3. The number of amides is 1. The normalized spacial score (nSPS) is 15.4. The molecule has 2 rings (SSSR count). The maximum atomic E-state index is 12.1. The Kier molecular flexibility index (Phi) is 8.25. The zero-order valence-electron chi connectivity index (χ0n) is 16.2. The minimum Gasteiger partial charge on any atom is -0.496 e. The van der Waals surface area contributed by atoms with E-state index in [1.165, 1.54) is 24.8 Å². The van der Waals surface area contributed by atoms with E-state index >= 15 is 0 Å². The van der Waals surface area contributed by atoms with Crippen molar-refractivity contribution in [3.63, 3.8) is 0 Å². The number of ether oxygens (including phenoxy) is 1. The summed E-state index contributed by atoms with van der Waals surface area (Å²) in [6.45, 7) is 3.01. The van der Waals surface area contributed by atoms with Gasteiger partial charge in [0.1, 0.15) is 5.75 Å². The molecule has 1 aromatic carbocycles. The Balaban J connectivity index is 1.69. The summed E-state index contributed by atoms with van der Waals surface area (Å²) in [7, 11) is 3.40. The first kappa shape index (κ1) is 20.1. The number of hydrogen-bond acceptors (Lipinski definition) is 3. The number of carbonyl (C=O) groups is 1. The second kappa shape index (κ2) is 10.7. The van der Waals surface area contributed by atoms with Gasteiger partial charge in [-0.25, -0.2) is 0 Å². The van der Waals surface area contributed by atoms with Gasteiger partial charge in [0.2, 0.25) is 5.91 Å². The van der Waals surface area contributed by atoms with Crippen LogP contribution in [0.5, 0.6) is 5.75 Å². The number of carbonyl (C=O) groups excluding carboxylic acids is 1. The van der Waals surface area contributed by atoms with Crippen LogP contribution in [-0.4, -0.2) is 45.2 Å². The van der Waals surface area contributed by atoms with Gasteiger partial charge >= 0.3 is 0 Å². The molecule has 0 unspecified atom stereocenters. The molecule has 6 heteroatoms. The molecule has 1 saturated carbocycles. The van der Waals surface area contributed by atoms with Gasteiger partial charge in [0.25, 0.3) is 0 Å². The van der Waals surface area contributed by atoms with Gasteiger partial charge in [-0.1, -0.05) is 31.4 Å². The standard InChI is InChI=1S/C20H32N4O2/c1-15-9-10-16(13-18(15)26-3)11-12-22-20(21-2)23-14-19(25)24-17-7-5-4-6-8-17/h9-10,13,17H,4-8,11-12,14H2,1-3H3,(H,24,25)(H2,21,22,23). The third kappa shape index (κ3) is 6.58. The molecule has 0 saturated heterocycles. The van der Waals surface area contributed by atoms with Crippen LogP contribution in [-0.2, 0) is 11.2 Å². The van der Waals surface area contributed by atoms with E-state index in [0.29, 0.717) is 12.0 Å². The fourth-order valence-corrected chi connectivity index (χ4v) is 3.26. The number of aryl methyl sites for hydroxylation is 1. The number of rotatable bonds is 7. The van der Waals surface area contributed by atoms with Crippen LogP contribution < -0.4 is 20.7 Å². The topological polar surface area (TPSA) is 74.8 Å². The average molecular weight is 361 g/mol. The summed E-state index contributed by atoms with van der Waals surface area (Å²) in [5.74, 6) is 1.58. The Morgan fingerprint density at radius 2 is 2.00 bits per heavy atom. The maximum absolute atomic E-state index is 12.1. The molecule has 0 aromatic heterocycles. The number of methoxy groups -OCH3 is 1. The highest BCUT2D eigenvalue weighted by atomic mass is 16.5. The van der Waals surface area contributed by atoms with Crippen molar-refractivity contribution in [3.8, 4) is 5.75 Å². The number of benzene rings is 1. The van der Waals surface area contributed by atoms with Crippen LogP contribution in [0.15, 0.2) is 23.2 Å². The first-order valence-electron chi connectivity index (χ1n) is 9.49. The first-order chi connectivity index (χ1) is 12.6. The molecule has 1 amide bonds. The monoisotopic (exact) mass is 360 g/mol. The lowest BCUT2D eigenvalue weighted by Crippen LogP contribution is -2.46. The van der Waals surface area contributed by atoms with Gasteiger partial charge in [-0.3, -0.25) is 9.79 Å². The van der Waals surface area contributed by atoms with Crippen molar-refractivity contribution in [1.82, 2.24) is 16.0 Å². The Morgan fingerprint density at radius 1 is 1.23 bits per heavy atom. The van der Waals surface area contributed by atoms with Gasteiger partial charge in [0.05, 0.1) is 13.7 Å². The SMILES string of the molecule is CN=C(NCCc1ccc(C)c(OC)c1)NCC(=O)NC1CCCCC1. The minimum absolute atomic E-state index is 0.0307. The Labute approximate surface area is 156 Å². The van der Waals surface area contributed by atoms with Gasteiger partial charge in [0, 0.05) is 19.6 Å². The van der Waals surface area contributed by atoms with Crippen LogP contribution in [0.1, 0.15) is 43.2 Å². The van der Waals surface area contributed by atoms with E-state index in [1.54, 1.807) is 14.2 Å². The molecule has 0 bridgehead atoms. The molecule has 3 N–H and O–H groups in total. The van der Waals surface area contributed by atoms with Crippen molar-refractivity contribution in [1.29, 1.82) is 0 Å². The summed E-state index contributed by atoms with van der Waals surface area (Å²) in [5.41, 5.74) is 2.33. The minimum atomic E-state index is 0.0307. The van der Waals surface area contributed by atoms with Crippen molar-refractivity contribution in [3.05, 3.63) is 29.3 Å². The van der Waals surface area contributed by atoms with Gasteiger partial charge in [-0.15, -0.1) is 0 Å². The highest BCUT2D eigenvalue weighted by Gasteiger charge is 2.15. The van der Waals surface area contributed by atoms with Crippen LogP contribution in [0.4, 0.5) is 0 Å². The second-order valence-corrected chi connectivity index (χ2v) is 6.81. The third-order valence-corrected chi connectivity index (χ3v) is 4.79. The van der Waals surface area contributed by atoms with Gasteiger partial charge < -0.3 is 20.7 Å². The fraction of sp³-hybridized carbons (Fsp3) is 0.600. The smallest absolute Gasteiger partial charge is 0.239 e. The van der Waals surface area contributed by atoms with Crippen LogP contribution >= 0.6 is 0 Å². The molecule has 0 aliphatic heterocycles. The molecule has 1 fully saturated rings. The largest absolute Gasteiger partial charge is 0.496 e. The van der Waals surface area contributed by atoms with Crippen LogP contribution in [0, 0.1) is 6.92 Å². The number of aliphatic imine (C=N–C) groups is 1. The zero-order valence-corrected chi connectivity index (χ0v) is 16.2. The first-order valence-corrected chi connectivity index (χ1v) is 9.49. The van der Waals surface area contributed by atoms with Crippen LogP contribution in [0.2, 0.25) is 0 Å². The second-order valence-electron chi connectivity index (χ2n) is 6.81. The molecule has 1 aromatic rings. The van der Waals surface area contributed by atoms with E-state index in [1.807, 2.05) is 6.92 Å². The number of nitrogens with zero attached hydrogens (tertiary/aromatic N) is 1. The predicted octanol–water partition coefficient (Wildman–Crippen LogP) is 2.16. The van der Waals surface area contributed by atoms with E-state index in [0.717, 1.165) is 37.1 Å². The van der Waals surface area contributed by atoms with E-state index in [-0.39, 0.29) is 12.5 Å². The average Bonchev–Trinajstić information content (AvgIpc) is 2.66. The lowest BCUT2D eigenvalue weighted by molar-refractivity contribution is -0.120. The summed E-state index contributed by atoms with van der Waals surface area (Å²) < 4.78 is 5.36. The fourth-order valence-electron chi connectivity index (χ4n) is 3.26. The van der Waals surface area contributed by atoms with E-state index in [4.69, 9.17) is 4.74 Å². The Morgan fingerprint density at radius 3 is 2.69 bits per heavy atom. The molecule has 1 aliphatic rings. The molecule has 1 aliphatic carbocycles. The van der Waals surface area contributed by atoms with Crippen LogP contribution in [0.25, 0.3) is 0 Å². The lowest BCUT2D eigenvalue weighted by Gasteiger charge is -2.23. The Bertz CT molecular complexity index is 610. The molecular formula is C20H32N4O2. The van der Waals surface area contributed by atoms with Gasteiger partial charge in [-0.05, 0) is 43.4 Å². The summed E-state index contributed by atoms with van der Waals surface area (Å²) in [4.78, 5) is 16.2. The predicted molar refractivity (Wildman–Crippen MR) is 106 cm³/mol. The number of hydrogen-bond donors (Lipinski definition) is 3. The molecule has 0 atom stereocenters. The van der Waals surface area contributed by atoms with Crippen molar-refractivity contribution in [2.24, 2.45) is 4.99 Å². The van der Waals surface area contributed by atoms with Crippen molar-refractivity contribution in [2.45, 2.75) is 51.5 Å². The molecule has 144 valence electrons. The molecular weight excluding hydrogens is 328 g/mol. The zero-order chi connectivity index (χ0) is 18.8. The maximum Gasteiger partial charge on any atom is 0.239 e. The van der Waals surface area contributed by atoms with Gasteiger partial charge in [-0.2, -0.15) is 0 Å². The quantitative estimate of drug-likeness (QED) is 0.515. The summed E-state index contributed by atoms with van der Waals surface area (Å²) in [5, 5.41) is 9.43. The molecule has 26 heavy (non-hydrogen) atoms. The van der Waals surface area contributed by atoms with E-state index in [2.05, 4.69) is 39.1 Å². The summed E-state index contributed by atoms with van der Waals surface area (Å²) >= 11 is 0. The van der Waals surface area contributed by atoms with Crippen LogP contribution in [0.3, 0.4) is 0 Å². The van der Waals surface area contributed by atoms with Crippen molar-refractivity contribution < 1.29 is 9.53 Å². The molecule has 0 heterocycles. The summed E-state index contributed by atoms with van der Waals surface area (Å²) in [6, 6.07) is 6.57. The van der Waals surface area contributed by atoms with E-state index < -0.39 is 0 Å². The van der Waals surface area contributed by atoms with Gasteiger partial charge in [0.15, 0.2) is 5.96 Å². The molecule has 6 nitrogen and oxygen atoms in total. The summed E-state index contributed by atoms with van der Waals surface area (Å²) in [6.07, 6.45) is 6.76. The lowest BCUT2D eigenvalue weighted by atomic mass is 9.95. The van der Waals surface area contributed by atoms with E-state index in [9.17, 15) is 4.79 Å². The number of guanidine groups is 1. The molecule has 0 radical (unpaired) electrons.